The van der Waals surface area contributed by atoms with Crippen molar-refractivity contribution in [1.82, 2.24) is 0 Å². The molecule has 1 aromatic carbocycles. The predicted octanol–water partition coefficient (Wildman–Crippen LogP) is 5.94. The van der Waals surface area contributed by atoms with E-state index in [9.17, 15) is 0 Å². The summed E-state index contributed by atoms with van der Waals surface area (Å²) in [6.45, 7) is 2.64. The first-order chi connectivity index (χ1) is 8.61. The van der Waals surface area contributed by atoms with Gasteiger partial charge in [-0.15, -0.1) is 11.3 Å². The fourth-order valence-corrected chi connectivity index (χ4v) is 4.09. The van der Waals surface area contributed by atoms with Crippen molar-refractivity contribution in [2.45, 2.75) is 11.8 Å². The number of alkyl halides is 1. The summed E-state index contributed by atoms with van der Waals surface area (Å²) in [5, 5.41) is 0. The number of rotatable bonds is 4. The van der Waals surface area contributed by atoms with Crippen molar-refractivity contribution in [1.29, 1.82) is 0 Å². The zero-order valence-electron chi connectivity index (χ0n) is 9.62. The van der Waals surface area contributed by atoms with Gasteiger partial charge in [-0.3, -0.25) is 0 Å². The van der Waals surface area contributed by atoms with E-state index in [4.69, 9.17) is 27.9 Å². The second-order valence-corrected chi connectivity index (χ2v) is 6.85. The van der Waals surface area contributed by atoms with E-state index in [1.54, 1.807) is 0 Å². The van der Waals surface area contributed by atoms with E-state index >= 15 is 0 Å². The van der Waals surface area contributed by atoms with E-state index in [0.29, 0.717) is 10.9 Å². The molecule has 1 aromatic heterocycles. The van der Waals surface area contributed by atoms with Crippen LogP contribution in [-0.2, 0) is 0 Å². The summed E-state index contributed by atoms with van der Waals surface area (Å²) in [4.78, 5) is 0.0458. The van der Waals surface area contributed by atoms with Crippen LogP contribution in [0.15, 0.2) is 30.3 Å². The summed E-state index contributed by atoms with van der Waals surface area (Å²) in [6, 6.07) is 9.84. The van der Waals surface area contributed by atoms with Crippen molar-refractivity contribution < 1.29 is 4.74 Å². The highest BCUT2D eigenvalue weighted by Crippen LogP contribution is 2.41. The minimum Gasteiger partial charge on any atom is -0.494 e. The predicted molar refractivity (Wildman–Crippen MR) is 82.7 cm³/mol. The van der Waals surface area contributed by atoms with Crippen LogP contribution in [0.4, 0.5) is 0 Å². The molecule has 0 radical (unpaired) electrons. The molecule has 0 aliphatic heterocycles. The summed E-state index contributed by atoms with van der Waals surface area (Å²) in [7, 11) is 0. The van der Waals surface area contributed by atoms with Gasteiger partial charge in [-0.1, -0.05) is 51.3 Å². The molecule has 96 valence electrons. The Bertz CT molecular complexity index is 524. The maximum atomic E-state index is 6.15. The first-order valence-corrected chi connectivity index (χ1v) is 7.92. The van der Waals surface area contributed by atoms with Gasteiger partial charge in [0.1, 0.15) is 5.75 Å². The van der Waals surface area contributed by atoms with Gasteiger partial charge < -0.3 is 4.74 Å². The summed E-state index contributed by atoms with van der Waals surface area (Å²) in [5.74, 6) is 0.871. The molecule has 0 amide bonds. The van der Waals surface area contributed by atoms with Crippen molar-refractivity contribution in [2.75, 3.05) is 6.61 Å². The Morgan fingerprint density at radius 3 is 2.44 bits per heavy atom. The van der Waals surface area contributed by atoms with Gasteiger partial charge in [-0.05, 0) is 30.7 Å². The molecule has 0 spiro atoms. The number of hydrogen-bond donors (Lipinski definition) is 0. The van der Waals surface area contributed by atoms with E-state index in [1.807, 2.05) is 37.3 Å². The van der Waals surface area contributed by atoms with Crippen LogP contribution in [0.3, 0.4) is 0 Å². The third-order valence-electron chi connectivity index (χ3n) is 2.44. The Labute approximate surface area is 129 Å². The summed E-state index contributed by atoms with van der Waals surface area (Å²) in [6.07, 6.45) is 0. The van der Waals surface area contributed by atoms with E-state index in [1.165, 1.54) is 11.3 Å². The lowest BCUT2D eigenvalue weighted by Gasteiger charge is -2.10. The molecule has 1 atom stereocenters. The molecule has 0 aliphatic rings. The number of thiophene rings is 1. The Kier molecular flexibility index (Phi) is 4.96. The topological polar surface area (TPSA) is 9.23 Å². The molecule has 1 heterocycles. The molecule has 0 aliphatic carbocycles. The van der Waals surface area contributed by atoms with Crippen molar-refractivity contribution in [3.63, 3.8) is 0 Å². The minimum absolute atomic E-state index is 0.0458. The molecule has 18 heavy (non-hydrogen) atoms. The fourth-order valence-electron chi connectivity index (χ4n) is 1.61. The Morgan fingerprint density at radius 1 is 1.28 bits per heavy atom. The highest BCUT2D eigenvalue weighted by Gasteiger charge is 2.16. The Morgan fingerprint density at radius 2 is 1.94 bits per heavy atom. The number of ether oxygens (including phenoxy) is 1. The van der Waals surface area contributed by atoms with Crippen LogP contribution in [-0.4, -0.2) is 6.61 Å². The first kappa shape index (κ1) is 14.2. The molecular weight excluding hydrogens is 355 g/mol. The van der Waals surface area contributed by atoms with Gasteiger partial charge in [0.2, 0.25) is 0 Å². The number of hydrogen-bond acceptors (Lipinski definition) is 2. The van der Waals surface area contributed by atoms with E-state index in [0.717, 1.165) is 21.2 Å². The van der Waals surface area contributed by atoms with Crippen LogP contribution in [0.2, 0.25) is 8.67 Å². The molecular formula is C13H11BrCl2OS. The molecule has 2 aromatic rings. The lowest BCUT2D eigenvalue weighted by molar-refractivity contribution is 0.340. The summed E-state index contributed by atoms with van der Waals surface area (Å²) >= 11 is 17.1. The highest BCUT2D eigenvalue weighted by molar-refractivity contribution is 9.09. The van der Waals surface area contributed by atoms with Crippen molar-refractivity contribution in [3.05, 3.63) is 50.1 Å². The fraction of sp³-hybridized carbons (Fsp3) is 0.231. The van der Waals surface area contributed by atoms with Crippen LogP contribution in [0, 0.1) is 0 Å². The standard InChI is InChI=1S/C13H11BrCl2OS/c1-2-17-9-5-3-8(4-6-9)12(14)10-7-11(15)18-13(10)16/h3-7,12H,2H2,1H3. The molecule has 0 N–H and O–H groups in total. The van der Waals surface area contributed by atoms with Crippen LogP contribution < -0.4 is 4.74 Å². The second-order valence-electron chi connectivity index (χ2n) is 3.64. The maximum Gasteiger partial charge on any atom is 0.119 e. The van der Waals surface area contributed by atoms with E-state index in [2.05, 4.69) is 15.9 Å². The zero-order chi connectivity index (χ0) is 13.1. The van der Waals surface area contributed by atoms with Crippen LogP contribution in [0.1, 0.15) is 22.9 Å². The zero-order valence-corrected chi connectivity index (χ0v) is 13.5. The van der Waals surface area contributed by atoms with Gasteiger partial charge >= 0.3 is 0 Å². The average Bonchev–Trinajstić information content (AvgIpc) is 2.69. The lowest BCUT2D eigenvalue weighted by atomic mass is 10.1. The maximum absolute atomic E-state index is 6.15. The van der Waals surface area contributed by atoms with Gasteiger partial charge in [0.25, 0.3) is 0 Å². The third-order valence-corrected chi connectivity index (χ3v) is 4.98. The van der Waals surface area contributed by atoms with Crippen molar-refractivity contribution in [3.8, 4) is 5.75 Å². The summed E-state index contributed by atoms with van der Waals surface area (Å²) < 4.78 is 6.83. The third kappa shape index (κ3) is 3.21. The quantitative estimate of drug-likeness (QED) is 0.609. The molecule has 0 saturated carbocycles. The number of benzene rings is 1. The average molecular weight is 366 g/mol. The van der Waals surface area contributed by atoms with Crippen LogP contribution >= 0.6 is 50.5 Å². The second kappa shape index (κ2) is 6.29. The normalized spacial score (nSPS) is 12.4. The molecule has 0 saturated heterocycles. The van der Waals surface area contributed by atoms with Gasteiger partial charge in [0.05, 0.1) is 20.1 Å². The van der Waals surface area contributed by atoms with Gasteiger partial charge in [-0.25, -0.2) is 0 Å². The smallest absolute Gasteiger partial charge is 0.119 e. The van der Waals surface area contributed by atoms with E-state index in [-0.39, 0.29) is 4.83 Å². The van der Waals surface area contributed by atoms with Gasteiger partial charge in [0, 0.05) is 5.56 Å². The van der Waals surface area contributed by atoms with Crippen molar-refractivity contribution in [2.24, 2.45) is 0 Å². The first-order valence-electron chi connectivity index (χ1n) is 5.43. The van der Waals surface area contributed by atoms with E-state index < -0.39 is 0 Å². The minimum atomic E-state index is 0.0458. The molecule has 5 heteroatoms. The lowest BCUT2D eigenvalue weighted by Crippen LogP contribution is -1.94. The van der Waals surface area contributed by atoms with Gasteiger partial charge in [-0.2, -0.15) is 0 Å². The van der Waals surface area contributed by atoms with Crippen molar-refractivity contribution >= 4 is 50.5 Å². The number of halogens is 3. The molecule has 2 rings (SSSR count). The van der Waals surface area contributed by atoms with Crippen LogP contribution in [0.5, 0.6) is 5.75 Å². The highest BCUT2D eigenvalue weighted by atomic mass is 79.9. The monoisotopic (exact) mass is 364 g/mol. The Hall–Kier alpha value is -0.220. The molecule has 1 nitrogen and oxygen atoms in total. The molecule has 1 unspecified atom stereocenters. The summed E-state index contributed by atoms with van der Waals surface area (Å²) in [5.41, 5.74) is 2.12. The van der Waals surface area contributed by atoms with Crippen LogP contribution in [0.25, 0.3) is 0 Å². The largest absolute Gasteiger partial charge is 0.494 e. The Balaban J connectivity index is 2.23. The van der Waals surface area contributed by atoms with Gasteiger partial charge in [0.15, 0.2) is 0 Å². The SMILES string of the molecule is CCOc1ccc(C(Br)c2cc(Cl)sc2Cl)cc1. The molecule has 0 bridgehead atoms. The molecule has 0 fully saturated rings.